The van der Waals surface area contributed by atoms with E-state index in [1.807, 2.05) is 23.7 Å². The minimum atomic E-state index is -0.373. The van der Waals surface area contributed by atoms with E-state index in [9.17, 15) is 4.79 Å². The Morgan fingerprint density at radius 2 is 2.12 bits per heavy atom. The van der Waals surface area contributed by atoms with Gasteiger partial charge in [-0.05, 0) is 31.2 Å². The van der Waals surface area contributed by atoms with Crippen molar-refractivity contribution in [1.29, 1.82) is 0 Å². The first kappa shape index (κ1) is 17.4. The van der Waals surface area contributed by atoms with Crippen LogP contribution in [0.15, 0.2) is 48.0 Å². The molecule has 0 radical (unpaired) electrons. The number of nitrogens with one attached hydrogen (secondary N) is 1. The van der Waals surface area contributed by atoms with Crippen molar-refractivity contribution in [2.24, 2.45) is 7.05 Å². The Morgan fingerprint density at radius 3 is 2.80 bits per heavy atom. The molecule has 128 valence electrons. The van der Waals surface area contributed by atoms with Gasteiger partial charge in [0.2, 0.25) is 5.91 Å². The standard InChI is InChI=1S/C16H15ClN6OS/c1-10(15(24)20-13-6-5-12(17)9-19-13)25-16-22-21-14(23(16)2)11-4-3-7-18-8-11/h3-10H,1-2H3,(H,19,20,24). The van der Waals surface area contributed by atoms with Gasteiger partial charge >= 0.3 is 0 Å². The van der Waals surface area contributed by atoms with E-state index in [0.717, 1.165) is 5.56 Å². The molecule has 1 atom stereocenters. The van der Waals surface area contributed by atoms with Crippen molar-refractivity contribution in [3.05, 3.63) is 47.9 Å². The van der Waals surface area contributed by atoms with Gasteiger partial charge in [0.25, 0.3) is 0 Å². The first-order valence-corrected chi connectivity index (χ1v) is 8.69. The van der Waals surface area contributed by atoms with Gasteiger partial charge in [-0.3, -0.25) is 9.78 Å². The molecule has 3 aromatic heterocycles. The van der Waals surface area contributed by atoms with E-state index in [0.29, 0.717) is 21.8 Å². The summed E-state index contributed by atoms with van der Waals surface area (Å²) in [6.45, 7) is 1.80. The van der Waals surface area contributed by atoms with Gasteiger partial charge in [0.15, 0.2) is 11.0 Å². The molecule has 25 heavy (non-hydrogen) atoms. The van der Waals surface area contributed by atoms with Gasteiger partial charge in [0, 0.05) is 31.2 Å². The summed E-state index contributed by atoms with van der Waals surface area (Å²) in [7, 11) is 1.86. The van der Waals surface area contributed by atoms with Crippen LogP contribution in [0.3, 0.4) is 0 Å². The van der Waals surface area contributed by atoms with Crippen molar-refractivity contribution >= 4 is 35.1 Å². The van der Waals surface area contributed by atoms with E-state index in [1.54, 1.807) is 31.5 Å². The Balaban J connectivity index is 1.68. The highest BCUT2D eigenvalue weighted by Crippen LogP contribution is 2.25. The van der Waals surface area contributed by atoms with Crippen LogP contribution in [0.4, 0.5) is 5.82 Å². The third-order valence-electron chi connectivity index (χ3n) is 3.38. The molecule has 1 unspecified atom stereocenters. The molecule has 3 aromatic rings. The highest BCUT2D eigenvalue weighted by Gasteiger charge is 2.19. The van der Waals surface area contributed by atoms with E-state index < -0.39 is 0 Å². The maximum atomic E-state index is 12.3. The summed E-state index contributed by atoms with van der Waals surface area (Å²) >= 11 is 7.11. The minimum Gasteiger partial charge on any atom is -0.310 e. The Morgan fingerprint density at radius 1 is 1.28 bits per heavy atom. The van der Waals surface area contributed by atoms with Gasteiger partial charge in [-0.15, -0.1) is 10.2 Å². The molecule has 9 heteroatoms. The average Bonchev–Trinajstić information content (AvgIpc) is 2.98. The van der Waals surface area contributed by atoms with Gasteiger partial charge < -0.3 is 9.88 Å². The molecule has 1 N–H and O–H groups in total. The molecular weight excluding hydrogens is 360 g/mol. The molecule has 3 rings (SSSR count). The number of thioether (sulfide) groups is 1. The number of nitrogens with zero attached hydrogens (tertiary/aromatic N) is 5. The summed E-state index contributed by atoms with van der Waals surface area (Å²) in [6, 6.07) is 7.07. The summed E-state index contributed by atoms with van der Waals surface area (Å²) in [6.07, 6.45) is 4.91. The second-order valence-electron chi connectivity index (χ2n) is 5.22. The third kappa shape index (κ3) is 4.15. The molecule has 3 heterocycles. The van der Waals surface area contributed by atoms with Crippen molar-refractivity contribution in [2.75, 3.05) is 5.32 Å². The molecule has 0 fully saturated rings. The van der Waals surface area contributed by atoms with Crippen molar-refractivity contribution in [3.63, 3.8) is 0 Å². The summed E-state index contributed by atoms with van der Waals surface area (Å²) in [4.78, 5) is 20.5. The molecule has 0 saturated heterocycles. The van der Waals surface area contributed by atoms with Crippen LogP contribution in [0.1, 0.15) is 6.92 Å². The molecule has 0 aliphatic carbocycles. The maximum absolute atomic E-state index is 12.3. The fourth-order valence-corrected chi connectivity index (χ4v) is 2.98. The van der Waals surface area contributed by atoms with Crippen molar-refractivity contribution in [3.8, 4) is 11.4 Å². The fraction of sp³-hybridized carbons (Fsp3) is 0.188. The van der Waals surface area contributed by atoms with Gasteiger partial charge in [-0.1, -0.05) is 23.4 Å². The molecule has 1 amide bonds. The van der Waals surface area contributed by atoms with Gasteiger partial charge in [-0.25, -0.2) is 4.98 Å². The molecule has 0 aliphatic heterocycles. The SMILES string of the molecule is CC(Sc1nnc(-c2cccnc2)n1C)C(=O)Nc1ccc(Cl)cn1. The lowest BCUT2D eigenvalue weighted by Crippen LogP contribution is -2.23. The Bertz CT molecular complexity index is 868. The van der Waals surface area contributed by atoms with Crippen LogP contribution in [0.5, 0.6) is 0 Å². The number of carbonyl (C=O) groups excluding carboxylic acids is 1. The number of carbonyl (C=O) groups is 1. The molecule has 0 spiro atoms. The fourth-order valence-electron chi connectivity index (χ4n) is 2.05. The minimum absolute atomic E-state index is 0.175. The summed E-state index contributed by atoms with van der Waals surface area (Å²) < 4.78 is 1.84. The maximum Gasteiger partial charge on any atom is 0.238 e. The number of anilines is 1. The monoisotopic (exact) mass is 374 g/mol. The summed E-state index contributed by atoms with van der Waals surface area (Å²) in [5, 5.41) is 11.9. The van der Waals surface area contributed by atoms with Gasteiger partial charge in [0.05, 0.1) is 10.3 Å². The molecule has 0 saturated carbocycles. The van der Waals surface area contributed by atoms with E-state index >= 15 is 0 Å². The number of hydrogen-bond acceptors (Lipinski definition) is 6. The summed E-state index contributed by atoms with van der Waals surface area (Å²) in [5.74, 6) is 0.976. The first-order chi connectivity index (χ1) is 12.0. The molecule has 0 aliphatic rings. The zero-order valence-electron chi connectivity index (χ0n) is 13.5. The summed E-state index contributed by atoms with van der Waals surface area (Å²) in [5.41, 5.74) is 0.867. The zero-order valence-corrected chi connectivity index (χ0v) is 15.1. The van der Waals surface area contributed by atoms with E-state index in [2.05, 4.69) is 25.5 Å². The van der Waals surface area contributed by atoms with E-state index in [-0.39, 0.29) is 11.2 Å². The lowest BCUT2D eigenvalue weighted by molar-refractivity contribution is -0.115. The highest BCUT2D eigenvalue weighted by atomic mass is 35.5. The van der Waals surface area contributed by atoms with E-state index in [4.69, 9.17) is 11.6 Å². The van der Waals surface area contributed by atoms with Crippen LogP contribution < -0.4 is 5.32 Å². The van der Waals surface area contributed by atoms with Crippen LogP contribution in [-0.2, 0) is 11.8 Å². The first-order valence-electron chi connectivity index (χ1n) is 7.43. The van der Waals surface area contributed by atoms with Crippen molar-refractivity contribution in [2.45, 2.75) is 17.3 Å². The van der Waals surface area contributed by atoms with Gasteiger partial charge in [-0.2, -0.15) is 0 Å². The predicted molar refractivity (Wildman–Crippen MR) is 97.4 cm³/mol. The second kappa shape index (κ2) is 7.62. The largest absolute Gasteiger partial charge is 0.310 e. The Labute approximate surface area is 153 Å². The topological polar surface area (TPSA) is 85.6 Å². The van der Waals surface area contributed by atoms with Crippen LogP contribution in [0.2, 0.25) is 5.02 Å². The molecular formula is C16H15ClN6OS. The van der Waals surface area contributed by atoms with Crippen LogP contribution in [-0.4, -0.2) is 35.9 Å². The number of pyridine rings is 2. The molecule has 0 aromatic carbocycles. The smallest absolute Gasteiger partial charge is 0.238 e. The number of hydrogen-bond donors (Lipinski definition) is 1. The lowest BCUT2D eigenvalue weighted by atomic mass is 10.3. The quantitative estimate of drug-likeness (QED) is 0.691. The van der Waals surface area contributed by atoms with Gasteiger partial charge in [0.1, 0.15) is 5.82 Å². The lowest BCUT2D eigenvalue weighted by Gasteiger charge is -2.11. The average molecular weight is 375 g/mol. The number of aromatic nitrogens is 5. The van der Waals surface area contributed by atoms with Crippen LogP contribution >= 0.6 is 23.4 Å². The van der Waals surface area contributed by atoms with Crippen LogP contribution in [0, 0.1) is 0 Å². The normalized spacial score (nSPS) is 12.0. The van der Waals surface area contributed by atoms with Crippen LogP contribution in [0.25, 0.3) is 11.4 Å². The second-order valence-corrected chi connectivity index (χ2v) is 6.96. The predicted octanol–water partition coefficient (Wildman–Crippen LogP) is 3.04. The van der Waals surface area contributed by atoms with Crippen molar-refractivity contribution in [1.82, 2.24) is 24.7 Å². The molecule has 0 bridgehead atoms. The number of amides is 1. The van der Waals surface area contributed by atoms with E-state index in [1.165, 1.54) is 18.0 Å². The zero-order chi connectivity index (χ0) is 17.8. The Hall–Kier alpha value is -2.45. The highest BCUT2D eigenvalue weighted by molar-refractivity contribution is 8.00. The van der Waals surface area contributed by atoms with Crippen molar-refractivity contribution < 1.29 is 4.79 Å². The third-order valence-corrected chi connectivity index (χ3v) is 4.74. The molecule has 7 nitrogen and oxygen atoms in total. The Kier molecular flexibility index (Phi) is 5.30. The number of halogens is 1. The number of rotatable bonds is 5.